The molecule has 96 valence electrons. The predicted molar refractivity (Wildman–Crippen MR) is 49.8 cm³/mol. The van der Waals surface area contributed by atoms with Gasteiger partial charge >= 0.3 is 48.0 Å². The first kappa shape index (κ1) is 19.2. The molecular formula is C6H7F5LiO3PS. The first-order valence-electron chi connectivity index (χ1n) is 3.48. The molecule has 0 amide bonds. The van der Waals surface area contributed by atoms with Crippen LogP contribution in [0.2, 0.25) is 0 Å². The standard InChI is InChI=1S/C6H6O3S.F5P.Li.H/c7-10(8,9)6-4-2-1-3-5-6;1-6(2,3,4)5;;/h1-5H,(H,7,8,9);;;/q;;+1;-1. The Bertz CT molecular complexity index is 432. The number of hydrogen-bond donors (Lipinski definition) is 1. The fourth-order valence-electron chi connectivity index (χ4n) is 0.592. The fraction of sp³-hybridized carbons (Fsp3) is 0. The van der Waals surface area contributed by atoms with Gasteiger partial charge in [-0.2, -0.15) is 8.42 Å². The van der Waals surface area contributed by atoms with E-state index in [1.165, 1.54) is 12.1 Å². The van der Waals surface area contributed by atoms with Gasteiger partial charge in [0.2, 0.25) is 0 Å². The van der Waals surface area contributed by atoms with Crippen molar-refractivity contribution in [3.05, 3.63) is 30.3 Å². The van der Waals surface area contributed by atoms with Crippen molar-refractivity contribution in [2.45, 2.75) is 4.90 Å². The Balaban J connectivity index is -0.000000250. The Morgan fingerprint density at radius 2 is 1.29 bits per heavy atom. The molecule has 0 unspecified atom stereocenters. The molecule has 0 aliphatic carbocycles. The van der Waals surface area contributed by atoms with Gasteiger partial charge in [-0.05, 0) is 12.1 Å². The van der Waals surface area contributed by atoms with Gasteiger partial charge in [-0.15, -0.1) is 0 Å². The molecule has 1 aromatic carbocycles. The van der Waals surface area contributed by atoms with Gasteiger partial charge in [-0.25, -0.2) is 0 Å². The van der Waals surface area contributed by atoms with E-state index in [0.717, 1.165) is 0 Å². The largest absolute Gasteiger partial charge is 1.00 e. The number of rotatable bonds is 1. The minimum absolute atomic E-state index is 0. The number of benzene rings is 1. The number of hydrogen-bond acceptors (Lipinski definition) is 2. The Morgan fingerprint density at radius 3 is 1.47 bits per heavy atom. The Morgan fingerprint density at radius 1 is 1.00 bits per heavy atom. The van der Waals surface area contributed by atoms with E-state index in [0.29, 0.717) is 0 Å². The summed E-state index contributed by atoms with van der Waals surface area (Å²) in [6, 6.07) is 7.42. The van der Waals surface area contributed by atoms with Crippen molar-refractivity contribution in [3.63, 3.8) is 0 Å². The molecular weight excluding hydrogens is 285 g/mol. The maximum absolute atomic E-state index is 10.4. The fourth-order valence-corrected chi connectivity index (χ4v) is 1.09. The van der Waals surface area contributed by atoms with Crippen LogP contribution in [0.25, 0.3) is 0 Å². The normalized spacial score (nSPS) is 13.4. The molecule has 0 atom stereocenters. The molecule has 0 saturated carbocycles. The van der Waals surface area contributed by atoms with Crippen LogP contribution in [-0.2, 0) is 10.1 Å². The average Bonchev–Trinajstić information content (AvgIpc) is 1.99. The molecule has 17 heavy (non-hydrogen) atoms. The van der Waals surface area contributed by atoms with Gasteiger partial charge in [0.1, 0.15) is 0 Å². The Kier molecular flexibility index (Phi) is 6.89. The maximum Gasteiger partial charge on any atom is 1.00 e. The average molecular weight is 292 g/mol. The first-order chi connectivity index (χ1) is 6.84. The summed E-state index contributed by atoms with van der Waals surface area (Å²) in [4.78, 5) is -0.0741. The second kappa shape index (κ2) is 6.11. The topological polar surface area (TPSA) is 54.4 Å². The minimum Gasteiger partial charge on any atom is -1.00 e. The minimum atomic E-state index is -8.55. The molecule has 0 heterocycles. The van der Waals surface area contributed by atoms with E-state index in [4.69, 9.17) is 4.55 Å². The van der Waals surface area contributed by atoms with E-state index in [-0.39, 0.29) is 25.2 Å². The van der Waals surface area contributed by atoms with Crippen molar-refractivity contribution in [3.8, 4) is 0 Å². The molecule has 0 fully saturated rings. The zero-order chi connectivity index (χ0) is 13.1. The van der Waals surface area contributed by atoms with E-state index >= 15 is 0 Å². The second-order valence-electron chi connectivity index (χ2n) is 2.43. The smallest absolute Gasteiger partial charge is 1.00 e. The maximum atomic E-state index is 10.4. The Labute approximate surface area is 108 Å². The summed E-state index contributed by atoms with van der Waals surface area (Å²) in [6.45, 7) is 0. The zero-order valence-electron chi connectivity index (χ0n) is 9.40. The van der Waals surface area contributed by atoms with Gasteiger partial charge in [-0.1, -0.05) is 18.2 Å². The third-order valence-corrected chi connectivity index (χ3v) is 1.91. The molecule has 1 rings (SSSR count). The molecule has 0 saturated heterocycles. The molecule has 0 spiro atoms. The molecule has 1 aromatic rings. The summed E-state index contributed by atoms with van der Waals surface area (Å²) in [7, 11) is -12.6. The predicted octanol–water partition coefficient (Wildman–Crippen LogP) is 1.01. The molecule has 0 aliphatic heterocycles. The monoisotopic (exact) mass is 292 g/mol. The van der Waals surface area contributed by atoms with Crippen LogP contribution in [0.15, 0.2) is 35.2 Å². The van der Waals surface area contributed by atoms with Crippen LogP contribution in [-0.4, -0.2) is 13.0 Å². The van der Waals surface area contributed by atoms with E-state index in [1.807, 2.05) is 0 Å². The van der Waals surface area contributed by atoms with Crippen LogP contribution in [0.3, 0.4) is 0 Å². The summed E-state index contributed by atoms with van der Waals surface area (Å²) >= 11 is 0. The van der Waals surface area contributed by atoms with Crippen molar-refractivity contribution in [2.24, 2.45) is 0 Å². The molecule has 0 radical (unpaired) electrons. The molecule has 0 aliphatic rings. The third-order valence-electron chi connectivity index (χ3n) is 1.04. The van der Waals surface area contributed by atoms with Crippen molar-refractivity contribution >= 4 is 18.3 Å². The molecule has 11 heteroatoms. The summed E-state index contributed by atoms with van der Waals surface area (Å²) < 4.78 is 78.4. The van der Waals surface area contributed by atoms with E-state index in [2.05, 4.69) is 0 Å². The summed E-state index contributed by atoms with van der Waals surface area (Å²) in [5, 5.41) is 0. The van der Waals surface area contributed by atoms with E-state index in [9.17, 15) is 29.4 Å². The quantitative estimate of drug-likeness (QED) is 0.364. The van der Waals surface area contributed by atoms with Crippen LogP contribution < -0.4 is 18.9 Å². The molecule has 0 bridgehead atoms. The van der Waals surface area contributed by atoms with Crippen LogP contribution in [0.4, 0.5) is 21.0 Å². The van der Waals surface area contributed by atoms with E-state index in [1.54, 1.807) is 18.2 Å². The second-order valence-corrected chi connectivity index (χ2v) is 5.13. The molecule has 0 aromatic heterocycles. The van der Waals surface area contributed by atoms with Gasteiger partial charge in [0, 0.05) is 0 Å². The summed E-state index contributed by atoms with van der Waals surface area (Å²) in [5.41, 5.74) is 0. The van der Waals surface area contributed by atoms with Crippen LogP contribution >= 0.6 is 8.16 Å². The van der Waals surface area contributed by atoms with Crippen LogP contribution in [0.5, 0.6) is 0 Å². The van der Waals surface area contributed by atoms with E-state index < -0.39 is 18.3 Å². The number of halogens is 5. The van der Waals surface area contributed by atoms with Crippen LogP contribution in [0, 0.1) is 0 Å². The summed E-state index contributed by atoms with van der Waals surface area (Å²) in [5.74, 6) is 0. The van der Waals surface area contributed by atoms with Crippen molar-refractivity contribution in [2.75, 3.05) is 0 Å². The SMILES string of the molecule is FP(F)(F)(F)F.O=S(=O)(O)c1ccccc1.[H-].[Li+]. The van der Waals surface area contributed by atoms with Gasteiger partial charge in [0.25, 0.3) is 10.1 Å². The van der Waals surface area contributed by atoms with Crippen LogP contribution in [0.1, 0.15) is 1.43 Å². The van der Waals surface area contributed by atoms with Gasteiger partial charge in [-0.3, -0.25) is 4.55 Å². The Hall–Kier alpha value is -0.193. The van der Waals surface area contributed by atoms with Crippen molar-refractivity contribution in [1.82, 2.24) is 0 Å². The third kappa shape index (κ3) is 15.8. The van der Waals surface area contributed by atoms with Crippen molar-refractivity contribution in [1.29, 1.82) is 0 Å². The molecule has 3 nitrogen and oxygen atoms in total. The molecule has 1 N–H and O–H groups in total. The van der Waals surface area contributed by atoms with Gasteiger partial charge in [0.05, 0.1) is 4.90 Å². The first-order valence-corrected chi connectivity index (χ1v) is 6.61. The van der Waals surface area contributed by atoms with Crippen molar-refractivity contribution < 1.29 is 54.2 Å². The summed E-state index contributed by atoms with van der Waals surface area (Å²) in [6.07, 6.45) is 0. The zero-order valence-corrected chi connectivity index (χ0v) is 10.1. The van der Waals surface area contributed by atoms with Gasteiger partial charge in [0.15, 0.2) is 0 Å². The van der Waals surface area contributed by atoms with Gasteiger partial charge < -0.3 is 1.43 Å².